The first-order chi connectivity index (χ1) is 8.47. The molecule has 2 nitrogen and oxygen atoms in total. The number of aryl methyl sites for hydroxylation is 1. The Morgan fingerprint density at radius 3 is 2.33 bits per heavy atom. The molecule has 0 radical (unpaired) electrons. The number of rotatable bonds is 2. The van der Waals surface area contributed by atoms with Gasteiger partial charge in [-0.25, -0.2) is 13.2 Å². The van der Waals surface area contributed by atoms with Gasteiger partial charge in [-0.15, -0.1) is 0 Å². The Morgan fingerprint density at radius 1 is 0.944 bits per heavy atom. The molecule has 0 saturated heterocycles. The molecule has 0 atom stereocenters. The molecule has 0 aliphatic rings. The van der Waals surface area contributed by atoms with Gasteiger partial charge in [0.15, 0.2) is 5.82 Å². The second-order valence-corrected chi connectivity index (χ2v) is 3.96. The molecular weight excluding hydrogens is 241 g/mol. The highest BCUT2D eigenvalue weighted by molar-refractivity contribution is 5.73. The summed E-state index contributed by atoms with van der Waals surface area (Å²) >= 11 is 0. The van der Waals surface area contributed by atoms with Crippen LogP contribution in [0.5, 0.6) is 0 Å². The third kappa shape index (κ3) is 2.40. The highest BCUT2D eigenvalue weighted by Crippen LogP contribution is 2.28. The summed E-state index contributed by atoms with van der Waals surface area (Å²) in [7, 11) is 0. The largest absolute Gasteiger partial charge is 0.395 e. The van der Waals surface area contributed by atoms with E-state index in [4.69, 9.17) is 5.73 Å². The quantitative estimate of drug-likeness (QED) is 0.799. The predicted octanol–water partition coefficient (Wildman–Crippen LogP) is 3.74. The van der Waals surface area contributed by atoms with Crippen LogP contribution >= 0.6 is 0 Å². The Kier molecular flexibility index (Phi) is 3.14. The average molecular weight is 252 g/mol. The number of nitrogens with two attached hydrogens (primary N) is 1. The van der Waals surface area contributed by atoms with Gasteiger partial charge >= 0.3 is 0 Å². The average Bonchev–Trinajstić information content (AvgIpc) is 2.29. The van der Waals surface area contributed by atoms with Gasteiger partial charge in [0.2, 0.25) is 0 Å². The monoisotopic (exact) mass is 252 g/mol. The van der Waals surface area contributed by atoms with Crippen molar-refractivity contribution >= 4 is 17.1 Å². The molecule has 2 aromatic carbocycles. The molecule has 0 unspecified atom stereocenters. The molecule has 0 fully saturated rings. The second-order valence-electron chi connectivity index (χ2n) is 3.96. The standard InChI is InChI=1S/C13H11F3N2/c1-7-2-3-11(9(15)4-7)18-12-6-8(14)5-10(16)13(12)17/h2-6,18H,17H2,1H3. The summed E-state index contributed by atoms with van der Waals surface area (Å²) in [5.74, 6) is -2.18. The molecule has 0 heterocycles. The van der Waals surface area contributed by atoms with E-state index in [1.165, 1.54) is 12.1 Å². The van der Waals surface area contributed by atoms with Crippen molar-refractivity contribution < 1.29 is 13.2 Å². The van der Waals surface area contributed by atoms with Gasteiger partial charge < -0.3 is 11.1 Å². The Morgan fingerprint density at radius 2 is 1.67 bits per heavy atom. The summed E-state index contributed by atoms with van der Waals surface area (Å²) in [4.78, 5) is 0. The maximum Gasteiger partial charge on any atom is 0.151 e. The fourth-order valence-corrected chi connectivity index (χ4v) is 1.55. The van der Waals surface area contributed by atoms with E-state index in [-0.39, 0.29) is 17.1 Å². The number of hydrogen-bond acceptors (Lipinski definition) is 2. The minimum absolute atomic E-state index is 0.00440. The van der Waals surface area contributed by atoms with Crippen molar-refractivity contribution in [3.05, 3.63) is 53.3 Å². The topological polar surface area (TPSA) is 38.0 Å². The highest BCUT2D eigenvalue weighted by atomic mass is 19.1. The van der Waals surface area contributed by atoms with E-state index >= 15 is 0 Å². The Hall–Kier alpha value is -2.17. The van der Waals surface area contributed by atoms with E-state index in [1.807, 2.05) is 0 Å². The lowest BCUT2D eigenvalue weighted by molar-refractivity contribution is 0.587. The predicted molar refractivity (Wildman–Crippen MR) is 65.2 cm³/mol. The smallest absolute Gasteiger partial charge is 0.151 e. The fraction of sp³-hybridized carbons (Fsp3) is 0.0769. The van der Waals surface area contributed by atoms with Crippen LogP contribution in [0.2, 0.25) is 0 Å². The van der Waals surface area contributed by atoms with Crippen LogP contribution in [0, 0.1) is 24.4 Å². The zero-order valence-electron chi connectivity index (χ0n) is 9.60. The number of halogens is 3. The maximum atomic E-state index is 13.6. The van der Waals surface area contributed by atoms with E-state index < -0.39 is 17.5 Å². The number of hydrogen-bond donors (Lipinski definition) is 2. The zero-order chi connectivity index (χ0) is 13.3. The molecule has 0 bridgehead atoms. The molecule has 0 saturated carbocycles. The first-order valence-electron chi connectivity index (χ1n) is 5.25. The molecule has 2 aromatic rings. The van der Waals surface area contributed by atoms with Gasteiger partial charge in [0.25, 0.3) is 0 Å². The summed E-state index contributed by atoms with van der Waals surface area (Å²) in [6.45, 7) is 1.74. The van der Waals surface area contributed by atoms with Gasteiger partial charge in [0.1, 0.15) is 11.6 Å². The minimum Gasteiger partial charge on any atom is -0.395 e. The van der Waals surface area contributed by atoms with Gasteiger partial charge in [-0.2, -0.15) is 0 Å². The van der Waals surface area contributed by atoms with Gasteiger partial charge in [0.05, 0.1) is 17.1 Å². The molecule has 3 N–H and O–H groups in total. The minimum atomic E-state index is -0.884. The summed E-state index contributed by atoms with van der Waals surface area (Å²) in [6, 6.07) is 6.15. The Bertz CT molecular complexity index is 597. The first-order valence-corrected chi connectivity index (χ1v) is 5.25. The molecule has 0 aromatic heterocycles. The van der Waals surface area contributed by atoms with Gasteiger partial charge in [-0.3, -0.25) is 0 Å². The molecule has 0 amide bonds. The van der Waals surface area contributed by atoms with Crippen molar-refractivity contribution in [3.8, 4) is 0 Å². The van der Waals surface area contributed by atoms with Crippen LogP contribution in [-0.2, 0) is 0 Å². The molecule has 0 aliphatic heterocycles. The van der Waals surface area contributed by atoms with Crippen molar-refractivity contribution in [1.29, 1.82) is 0 Å². The third-order valence-electron chi connectivity index (χ3n) is 2.49. The van der Waals surface area contributed by atoms with Crippen LogP contribution in [0.15, 0.2) is 30.3 Å². The van der Waals surface area contributed by atoms with Crippen LogP contribution in [0.4, 0.5) is 30.2 Å². The molecule has 2 rings (SSSR count). The summed E-state index contributed by atoms with van der Waals surface area (Å²) in [6.07, 6.45) is 0. The van der Waals surface area contributed by atoms with Crippen LogP contribution in [0.25, 0.3) is 0 Å². The van der Waals surface area contributed by atoms with E-state index in [9.17, 15) is 13.2 Å². The van der Waals surface area contributed by atoms with Gasteiger partial charge in [-0.1, -0.05) is 6.07 Å². The van der Waals surface area contributed by atoms with Crippen molar-refractivity contribution in [2.24, 2.45) is 0 Å². The van der Waals surface area contributed by atoms with Crippen molar-refractivity contribution in [2.45, 2.75) is 6.92 Å². The number of anilines is 3. The summed E-state index contributed by atoms with van der Waals surface area (Å²) in [5.41, 5.74) is 6.05. The summed E-state index contributed by atoms with van der Waals surface area (Å²) < 4.78 is 39.8. The van der Waals surface area contributed by atoms with Crippen LogP contribution in [0.1, 0.15) is 5.56 Å². The van der Waals surface area contributed by atoms with Gasteiger partial charge in [0, 0.05) is 6.07 Å². The molecule has 0 spiro atoms. The van der Waals surface area contributed by atoms with Gasteiger partial charge in [-0.05, 0) is 30.7 Å². The van der Waals surface area contributed by atoms with E-state index in [0.717, 1.165) is 11.6 Å². The maximum absolute atomic E-state index is 13.6. The van der Waals surface area contributed by atoms with Crippen LogP contribution < -0.4 is 11.1 Å². The van der Waals surface area contributed by atoms with E-state index in [2.05, 4.69) is 5.32 Å². The molecule has 0 aliphatic carbocycles. The number of nitrogen functional groups attached to an aromatic ring is 1. The van der Waals surface area contributed by atoms with Crippen molar-refractivity contribution in [3.63, 3.8) is 0 Å². The summed E-state index contributed by atoms with van der Waals surface area (Å²) in [5, 5.41) is 2.57. The molecule has 5 heteroatoms. The lowest BCUT2D eigenvalue weighted by Gasteiger charge is -2.11. The molecule has 18 heavy (non-hydrogen) atoms. The lowest BCUT2D eigenvalue weighted by atomic mass is 10.2. The van der Waals surface area contributed by atoms with Crippen molar-refractivity contribution in [2.75, 3.05) is 11.1 Å². The molecule has 94 valence electrons. The first kappa shape index (κ1) is 12.3. The van der Waals surface area contributed by atoms with Crippen molar-refractivity contribution in [1.82, 2.24) is 0 Å². The molecular formula is C13H11F3N2. The Balaban J connectivity index is 2.40. The normalized spacial score (nSPS) is 10.4. The van der Waals surface area contributed by atoms with E-state index in [1.54, 1.807) is 13.0 Å². The SMILES string of the molecule is Cc1ccc(Nc2cc(F)cc(F)c2N)c(F)c1. The van der Waals surface area contributed by atoms with Crippen LogP contribution in [-0.4, -0.2) is 0 Å². The zero-order valence-corrected chi connectivity index (χ0v) is 9.60. The lowest BCUT2D eigenvalue weighted by Crippen LogP contribution is -2.01. The van der Waals surface area contributed by atoms with E-state index in [0.29, 0.717) is 6.07 Å². The third-order valence-corrected chi connectivity index (χ3v) is 2.49. The number of nitrogens with one attached hydrogen (secondary N) is 1. The second kappa shape index (κ2) is 4.60. The highest BCUT2D eigenvalue weighted by Gasteiger charge is 2.10. The fourth-order valence-electron chi connectivity index (χ4n) is 1.55. The number of benzene rings is 2. The Labute approximate surface area is 102 Å². The van der Waals surface area contributed by atoms with Crippen LogP contribution in [0.3, 0.4) is 0 Å².